The minimum atomic E-state index is -1.40. The van der Waals surface area contributed by atoms with Gasteiger partial charge in [0.15, 0.2) is 5.82 Å². The Bertz CT molecular complexity index is 1730. The molecule has 43 heavy (non-hydrogen) atoms. The first-order valence-corrected chi connectivity index (χ1v) is 15.0. The Labute approximate surface area is 249 Å². The Kier molecular flexibility index (Phi) is 6.66. The van der Waals surface area contributed by atoms with Gasteiger partial charge in [0.2, 0.25) is 11.8 Å². The molecule has 2 aromatic heterocycles. The number of fused-ring (bicyclic) bond motifs is 1. The molecule has 2 saturated heterocycles. The molecule has 2 aliphatic heterocycles. The van der Waals surface area contributed by atoms with Crippen LogP contribution in [0.2, 0.25) is 0 Å². The van der Waals surface area contributed by atoms with Gasteiger partial charge >= 0.3 is 0 Å². The van der Waals surface area contributed by atoms with Crippen molar-refractivity contribution in [1.29, 1.82) is 0 Å². The summed E-state index contributed by atoms with van der Waals surface area (Å²) < 4.78 is 18.1. The number of aromatic nitrogens is 4. The van der Waals surface area contributed by atoms with Gasteiger partial charge in [0.05, 0.1) is 22.7 Å². The Morgan fingerprint density at radius 3 is 2.58 bits per heavy atom. The van der Waals surface area contributed by atoms with Crippen LogP contribution in [0.1, 0.15) is 80.3 Å². The fourth-order valence-corrected chi connectivity index (χ4v) is 6.70. The van der Waals surface area contributed by atoms with Gasteiger partial charge in [-0.25, -0.2) is 14.1 Å². The van der Waals surface area contributed by atoms with Crippen molar-refractivity contribution in [3.63, 3.8) is 0 Å². The van der Waals surface area contributed by atoms with E-state index in [1.165, 1.54) is 12.8 Å². The lowest BCUT2D eigenvalue weighted by Gasteiger charge is -2.50. The number of pyridine rings is 1. The molecule has 3 fully saturated rings. The third kappa shape index (κ3) is 5.02. The SMILES string of the molecule is CC1(C)CN(Cc2ccc(-n3cnc(C4CC4)n3)cc2)CC[C@]1(O)c1ccc2ncc([C@H]3CCC(=O)NC3=O)cc2c1F. The van der Waals surface area contributed by atoms with Crippen LogP contribution in [0.5, 0.6) is 0 Å². The third-order valence-electron chi connectivity index (χ3n) is 9.50. The molecule has 4 heterocycles. The second-order valence-corrected chi connectivity index (χ2v) is 13.0. The van der Waals surface area contributed by atoms with Gasteiger partial charge in [0, 0.05) is 54.5 Å². The van der Waals surface area contributed by atoms with Gasteiger partial charge in [-0.2, -0.15) is 5.10 Å². The monoisotopic (exact) mass is 582 g/mol. The summed E-state index contributed by atoms with van der Waals surface area (Å²) >= 11 is 0. The maximum absolute atomic E-state index is 16.2. The van der Waals surface area contributed by atoms with E-state index in [1.54, 1.807) is 30.7 Å². The molecule has 1 aliphatic carbocycles. The standard InChI is InChI=1S/C33H35FN6O3/c1-32(2)18-39(17-20-3-7-23(8-4-20)40-19-36-30(38-40)21-5-6-21)14-13-33(32,43)26-10-11-27-25(29(26)34)15-22(16-35-27)24-9-12-28(41)37-31(24)42/h3-4,7-8,10-11,15-16,19,21,24,43H,5-6,9,12-14,17-18H2,1-2H3,(H,37,41,42)/t24-,33+/m1/s1. The molecule has 1 saturated carbocycles. The van der Waals surface area contributed by atoms with Gasteiger partial charge in [0.1, 0.15) is 12.1 Å². The molecule has 4 aromatic rings. The number of benzene rings is 2. The Morgan fingerprint density at radius 2 is 1.86 bits per heavy atom. The summed E-state index contributed by atoms with van der Waals surface area (Å²) in [5, 5.41) is 19.3. The number of piperidine rings is 2. The predicted octanol–water partition coefficient (Wildman–Crippen LogP) is 4.47. The van der Waals surface area contributed by atoms with Gasteiger partial charge in [-0.15, -0.1) is 0 Å². The number of nitrogens with one attached hydrogen (secondary N) is 1. The van der Waals surface area contributed by atoms with Crippen molar-refractivity contribution in [1.82, 2.24) is 30.0 Å². The van der Waals surface area contributed by atoms with E-state index < -0.39 is 28.7 Å². The van der Waals surface area contributed by atoms with Crippen LogP contribution < -0.4 is 5.32 Å². The van der Waals surface area contributed by atoms with Gasteiger partial charge in [-0.1, -0.05) is 32.0 Å². The molecule has 9 nitrogen and oxygen atoms in total. The minimum Gasteiger partial charge on any atom is -0.384 e. The lowest BCUT2D eigenvalue weighted by atomic mass is 9.66. The van der Waals surface area contributed by atoms with E-state index in [4.69, 9.17) is 0 Å². The van der Waals surface area contributed by atoms with Gasteiger partial charge < -0.3 is 5.11 Å². The maximum atomic E-state index is 16.2. The van der Waals surface area contributed by atoms with E-state index in [9.17, 15) is 14.7 Å². The van der Waals surface area contributed by atoms with Gasteiger partial charge in [0.25, 0.3) is 0 Å². The van der Waals surface area contributed by atoms with Crippen LogP contribution in [0.25, 0.3) is 16.6 Å². The highest BCUT2D eigenvalue weighted by molar-refractivity contribution is 6.01. The van der Waals surface area contributed by atoms with E-state index in [1.807, 2.05) is 30.7 Å². The highest BCUT2D eigenvalue weighted by Gasteiger charge is 2.50. The fraction of sp³-hybridized carbons (Fsp3) is 0.424. The molecule has 2 amide bonds. The van der Waals surface area contributed by atoms with Crippen LogP contribution in [0.15, 0.2) is 55.0 Å². The molecule has 2 atom stereocenters. The topological polar surface area (TPSA) is 113 Å². The highest BCUT2D eigenvalue weighted by Crippen LogP contribution is 2.48. The number of hydrogen-bond donors (Lipinski definition) is 2. The summed E-state index contributed by atoms with van der Waals surface area (Å²) in [7, 11) is 0. The van der Waals surface area contributed by atoms with Crippen LogP contribution in [-0.4, -0.2) is 54.7 Å². The van der Waals surface area contributed by atoms with Crippen molar-refractivity contribution in [2.45, 2.75) is 69.9 Å². The van der Waals surface area contributed by atoms with Crippen molar-refractivity contribution in [2.24, 2.45) is 5.41 Å². The minimum absolute atomic E-state index is 0.231. The number of hydrogen-bond acceptors (Lipinski definition) is 7. The quantitative estimate of drug-likeness (QED) is 0.323. The van der Waals surface area contributed by atoms with Gasteiger partial charge in [-0.05, 0) is 61.1 Å². The van der Waals surface area contributed by atoms with E-state index >= 15 is 4.39 Å². The molecule has 0 radical (unpaired) electrons. The van der Waals surface area contributed by atoms with Crippen molar-refractivity contribution in [2.75, 3.05) is 13.1 Å². The first-order valence-electron chi connectivity index (χ1n) is 15.0. The van der Waals surface area contributed by atoms with Crippen molar-refractivity contribution in [3.8, 4) is 5.69 Å². The predicted molar refractivity (Wildman–Crippen MR) is 158 cm³/mol. The smallest absolute Gasteiger partial charge is 0.234 e. The van der Waals surface area contributed by atoms with Crippen LogP contribution in [-0.2, 0) is 21.7 Å². The zero-order valence-electron chi connectivity index (χ0n) is 24.4. The molecular formula is C33H35FN6O3. The molecule has 0 bridgehead atoms. The lowest BCUT2D eigenvalue weighted by molar-refractivity contribution is -0.134. The van der Waals surface area contributed by atoms with Crippen LogP contribution in [0.4, 0.5) is 4.39 Å². The summed E-state index contributed by atoms with van der Waals surface area (Å²) in [6.07, 6.45) is 6.63. The Hall–Kier alpha value is -4.02. The molecule has 3 aliphatic rings. The number of imide groups is 1. The molecule has 0 spiro atoms. The average Bonchev–Trinajstić information content (AvgIpc) is 3.72. The largest absolute Gasteiger partial charge is 0.384 e. The summed E-state index contributed by atoms with van der Waals surface area (Å²) in [5.74, 6) is -0.345. The third-order valence-corrected chi connectivity index (χ3v) is 9.50. The summed E-state index contributed by atoms with van der Waals surface area (Å²) in [6.45, 7) is 5.84. The molecule has 0 unspecified atom stereocenters. The van der Waals surface area contributed by atoms with Crippen LogP contribution >= 0.6 is 0 Å². The summed E-state index contributed by atoms with van der Waals surface area (Å²) in [5.41, 5.74) is 1.32. The summed E-state index contributed by atoms with van der Waals surface area (Å²) in [6, 6.07) is 13.3. The first-order chi connectivity index (χ1) is 20.6. The first kappa shape index (κ1) is 27.8. The maximum Gasteiger partial charge on any atom is 0.234 e. The summed E-state index contributed by atoms with van der Waals surface area (Å²) in [4.78, 5) is 35.2. The van der Waals surface area contributed by atoms with Crippen molar-refractivity contribution in [3.05, 3.63) is 83.3 Å². The second-order valence-electron chi connectivity index (χ2n) is 13.0. The number of nitrogens with zero attached hydrogens (tertiary/aromatic N) is 5. The van der Waals surface area contributed by atoms with Crippen molar-refractivity contribution >= 4 is 22.7 Å². The number of likely N-dealkylation sites (tertiary alicyclic amines) is 1. The Morgan fingerprint density at radius 1 is 1.07 bits per heavy atom. The normalized spacial score (nSPS) is 24.3. The number of amides is 2. The number of rotatable bonds is 6. The molecule has 2 N–H and O–H groups in total. The lowest BCUT2D eigenvalue weighted by Crippen LogP contribution is -2.55. The van der Waals surface area contributed by atoms with Crippen LogP contribution in [0, 0.1) is 11.2 Å². The number of aliphatic hydroxyl groups is 1. The van der Waals surface area contributed by atoms with E-state index in [0.717, 1.165) is 17.1 Å². The molecule has 10 heteroatoms. The van der Waals surface area contributed by atoms with E-state index in [-0.39, 0.29) is 23.3 Å². The van der Waals surface area contributed by atoms with Gasteiger partial charge in [-0.3, -0.25) is 24.8 Å². The highest BCUT2D eigenvalue weighted by atomic mass is 19.1. The van der Waals surface area contributed by atoms with Crippen molar-refractivity contribution < 1.29 is 19.1 Å². The average molecular weight is 583 g/mol. The molecule has 7 rings (SSSR count). The molecule has 222 valence electrons. The fourth-order valence-electron chi connectivity index (χ4n) is 6.70. The van der Waals surface area contributed by atoms with E-state index in [0.29, 0.717) is 49.5 Å². The number of carbonyl (C=O) groups excluding carboxylic acids is 2. The number of carbonyl (C=O) groups is 2. The second kappa shape index (κ2) is 10.3. The zero-order chi connectivity index (χ0) is 29.9. The molecule has 2 aromatic carbocycles. The zero-order valence-corrected chi connectivity index (χ0v) is 24.4. The Balaban J connectivity index is 1.09. The van der Waals surface area contributed by atoms with E-state index in [2.05, 4.69) is 37.4 Å². The number of halogens is 1. The van der Waals surface area contributed by atoms with Crippen LogP contribution in [0.3, 0.4) is 0 Å². The molecular weight excluding hydrogens is 547 g/mol.